The largest absolute Gasteiger partial charge is 0.453 e. The Kier molecular flexibility index (Phi) is 4.69. The molecule has 4 fully saturated rings. The lowest BCUT2D eigenvalue weighted by molar-refractivity contribution is -0.145. The topological polar surface area (TPSA) is 106 Å². The highest BCUT2D eigenvalue weighted by molar-refractivity contribution is 7.90. The molecule has 14 heteroatoms. The Bertz CT molecular complexity index is 1260. The average Bonchev–Trinajstić information content (AvgIpc) is 3.29. The summed E-state index contributed by atoms with van der Waals surface area (Å²) in [6.45, 7) is 3.43. The van der Waals surface area contributed by atoms with Crippen LogP contribution >= 0.6 is 0 Å². The Morgan fingerprint density at radius 3 is 2.20 bits per heavy atom. The van der Waals surface area contributed by atoms with Gasteiger partial charge in [-0.05, 0) is 31.6 Å². The Morgan fingerprint density at radius 2 is 1.69 bits per heavy atom. The molecule has 190 valence electrons. The van der Waals surface area contributed by atoms with Crippen molar-refractivity contribution in [2.75, 3.05) is 32.4 Å². The number of carbonyl (C=O) groups excluding carboxylic acids is 1. The van der Waals surface area contributed by atoms with E-state index >= 15 is 0 Å². The zero-order valence-electron chi connectivity index (χ0n) is 19.1. The van der Waals surface area contributed by atoms with Crippen LogP contribution in [0, 0.1) is 16.7 Å². The van der Waals surface area contributed by atoms with Crippen molar-refractivity contribution < 1.29 is 26.4 Å². The number of sulfone groups is 1. The van der Waals surface area contributed by atoms with Gasteiger partial charge in [0.15, 0.2) is 9.84 Å². The van der Waals surface area contributed by atoms with Gasteiger partial charge in [0.2, 0.25) is 0 Å². The van der Waals surface area contributed by atoms with Gasteiger partial charge in [0.25, 0.3) is 5.82 Å². The molecule has 35 heavy (non-hydrogen) atoms. The van der Waals surface area contributed by atoms with Crippen molar-refractivity contribution in [3.05, 3.63) is 24.5 Å². The molecule has 0 unspecified atom stereocenters. The van der Waals surface area contributed by atoms with Crippen LogP contribution in [-0.2, 0) is 22.6 Å². The van der Waals surface area contributed by atoms with Crippen LogP contribution < -0.4 is 0 Å². The maximum Gasteiger partial charge on any atom is 0.453 e. The van der Waals surface area contributed by atoms with Gasteiger partial charge >= 0.3 is 12.2 Å². The third-order valence-electron chi connectivity index (χ3n) is 8.05. The van der Waals surface area contributed by atoms with Gasteiger partial charge in [0.05, 0.1) is 12.2 Å². The summed E-state index contributed by atoms with van der Waals surface area (Å²) in [7, 11) is -3.25. The first-order valence-electron chi connectivity index (χ1n) is 11.6. The van der Waals surface area contributed by atoms with Crippen molar-refractivity contribution in [1.82, 2.24) is 34.3 Å². The average molecular weight is 514 g/mol. The standard InChI is InChI=1S/C21H26F3N7O3S/c1-35(33,34)16-6-26-30(8-16)7-14-2-19(3-14)9-28(10-19)18(32)29-11-20(12-29)4-15(5-20)31-13-25-17(27-31)21(22,23)24/h6,8,13-15H,2-5,7,9-12H2,1H3. The van der Waals surface area contributed by atoms with Gasteiger partial charge in [0.1, 0.15) is 11.2 Å². The van der Waals surface area contributed by atoms with Gasteiger partial charge in [-0.3, -0.25) is 4.68 Å². The number of halogens is 3. The highest BCUT2D eigenvalue weighted by Gasteiger charge is 2.58. The number of nitrogens with zero attached hydrogens (tertiary/aromatic N) is 7. The second kappa shape index (κ2) is 7.20. The van der Waals surface area contributed by atoms with E-state index in [-0.39, 0.29) is 27.8 Å². The molecule has 4 aliphatic rings. The predicted molar refractivity (Wildman–Crippen MR) is 115 cm³/mol. The molecule has 2 spiro atoms. The van der Waals surface area contributed by atoms with Crippen LogP contribution in [0.2, 0.25) is 0 Å². The highest BCUT2D eigenvalue weighted by Crippen LogP contribution is 2.56. The molecule has 2 aromatic rings. The first-order valence-corrected chi connectivity index (χ1v) is 13.5. The summed E-state index contributed by atoms with van der Waals surface area (Å²) in [6.07, 6.45) is 4.12. The van der Waals surface area contributed by atoms with E-state index in [4.69, 9.17) is 0 Å². The van der Waals surface area contributed by atoms with Crippen molar-refractivity contribution >= 4 is 15.9 Å². The quantitative estimate of drug-likeness (QED) is 0.620. The van der Waals surface area contributed by atoms with Gasteiger partial charge < -0.3 is 9.80 Å². The molecule has 6 rings (SSSR count). The monoisotopic (exact) mass is 513 g/mol. The SMILES string of the molecule is CS(=O)(=O)c1cnn(CC2CC3(C2)CN(C(=O)N2CC4(CC(n5cnc(C(F)(F)F)n5)C4)C2)C3)c1. The zero-order valence-corrected chi connectivity index (χ0v) is 20.0. The first kappa shape index (κ1) is 22.8. The molecule has 2 aliphatic carbocycles. The lowest BCUT2D eigenvalue weighted by Crippen LogP contribution is -2.71. The van der Waals surface area contributed by atoms with Crippen LogP contribution in [0.25, 0.3) is 0 Å². The Labute approximate surface area is 200 Å². The molecule has 10 nitrogen and oxygen atoms in total. The van der Waals surface area contributed by atoms with E-state index in [1.54, 1.807) is 10.9 Å². The van der Waals surface area contributed by atoms with Crippen molar-refractivity contribution in [3.8, 4) is 0 Å². The first-order chi connectivity index (χ1) is 16.3. The fraction of sp³-hybridized carbons (Fsp3) is 0.714. The molecule has 2 aliphatic heterocycles. The van der Waals surface area contributed by atoms with Crippen LogP contribution in [0.4, 0.5) is 18.0 Å². The van der Waals surface area contributed by atoms with Gasteiger partial charge in [-0.1, -0.05) is 0 Å². The van der Waals surface area contributed by atoms with E-state index in [9.17, 15) is 26.4 Å². The summed E-state index contributed by atoms with van der Waals surface area (Å²) in [5.41, 5.74) is 0.157. The van der Waals surface area contributed by atoms with Crippen LogP contribution in [0.3, 0.4) is 0 Å². The lowest BCUT2D eigenvalue weighted by Gasteiger charge is -2.63. The normalized spacial score (nSPS) is 23.7. The third kappa shape index (κ3) is 3.89. The van der Waals surface area contributed by atoms with Gasteiger partial charge in [0, 0.05) is 56.0 Å². The molecule has 0 N–H and O–H groups in total. The van der Waals surface area contributed by atoms with Gasteiger partial charge in [-0.2, -0.15) is 18.3 Å². The van der Waals surface area contributed by atoms with Crippen molar-refractivity contribution in [1.29, 1.82) is 0 Å². The minimum atomic E-state index is -4.54. The predicted octanol–water partition coefficient (Wildman–Crippen LogP) is 2.07. The number of amides is 2. The van der Waals surface area contributed by atoms with E-state index in [0.29, 0.717) is 38.4 Å². The molecule has 0 radical (unpaired) electrons. The molecular weight excluding hydrogens is 487 g/mol. The summed E-state index contributed by atoms with van der Waals surface area (Å²) in [5.74, 6) is -0.689. The van der Waals surface area contributed by atoms with Crippen LogP contribution in [0.15, 0.2) is 23.6 Å². The number of hydrogen-bond acceptors (Lipinski definition) is 6. The molecule has 4 heterocycles. The summed E-state index contributed by atoms with van der Waals surface area (Å²) < 4.78 is 64.3. The molecule has 2 aromatic heterocycles. The maximum absolute atomic E-state index is 12.8. The van der Waals surface area contributed by atoms with E-state index in [1.165, 1.54) is 17.1 Å². The molecule has 0 bridgehead atoms. The Hall–Kier alpha value is -2.64. The Balaban J connectivity index is 0.931. The molecule has 2 amide bonds. The van der Waals surface area contributed by atoms with Gasteiger partial charge in [-0.15, -0.1) is 5.10 Å². The van der Waals surface area contributed by atoms with Crippen molar-refractivity contribution in [3.63, 3.8) is 0 Å². The number of likely N-dealkylation sites (tertiary alicyclic amines) is 2. The number of aromatic nitrogens is 5. The summed E-state index contributed by atoms with van der Waals surface area (Å²) >= 11 is 0. The second-order valence-corrected chi connectivity index (χ2v) is 13.1. The van der Waals surface area contributed by atoms with E-state index < -0.39 is 21.8 Å². The van der Waals surface area contributed by atoms with E-state index in [1.807, 2.05) is 9.80 Å². The zero-order chi connectivity index (χ0) is 24.8. The second-order valence-electron chi connectivity index (χ2n) is 11.0. The summed E-state index contributed by atoms with van der Waals surface area (Å²) in [5, 5.41) is 7.72. The number of urea groups is 1. The van der Waals surface area contributed by atoms with E-state index in [2.05, 4.69) is 15.2 Å². The molecule has 0 aromatic carbocycles. The van der Waals surface area contributed by atoms with Crippen molar-refractivity contribution in [2.45, 2.75) is 49.3 Å². The number of alkyl halides is 3. The minimum absolute atomic E-state index is 0.0105. The molecule has 2 saturated carbocycles. The van der Waals surface area contributed by atoms with Gasteiger partial charge in [-0.25, -0.2) is 22.9 Å². The van der Waals surface area contributed by atoms with Crippen molar-refractivity contribution in [2.24, 2.45) is 16.7 Å². The molecule has 2 saturated heterocycles. The van der Waals surface area contributed by atoms with Crippen LogP contribution in [-0.4, -0.2) is 81.2 Å². The number of rotatable bonds is 4. The minimum Gasteiger partial charge on any atom is -0.323 e. The molecule has 0 atom stereocenters. The van der Waals surface area contributed by atoms with Crippen LogP contribution in [0.1, 0.15) is 37.5 Å². The fourth-order valence-electron chi connectivity index (χ4n) is 6.42. The smallest absolute Gasteiger partial charge is 0.323 e. The number of carbonyl (C=O) groups is 1. The summed E-state index contributed by atoms with van der Waals surface area (Å²) in [6, 6.07) is -0.0588. The summed E-state index contributed by atoms with van der Waals surface area (Å²) in [4.78, 5) is 20.1. The highest BCUT2D eigenvalue weighted by atomic mass is 32.2. The van der Waals surface area contributed by atoms with E-state index in [0.717, 1.165) is 32.3 Å². The fourth-order valence-corrected chi connectivity index (χ4v) is 6.97. The third-order valence-corrected chi connectivity index (χ3v) is 9.11. The Morgan fingerprint density at radius 1 is 1.09 bits per heavy atom. The molecular formula is C21H26F3N7O3S. The lowest BCUT2D eigenvalue weighted by atomic mass is 9.57. The number of hydrogen-bond donors (Lipinski definition) is 0. The maximum atomic E-state index is 12.8. The van der Waals surface area contributed by atoms with Crippen LogP contribution in [0.5, 0.6) is 0 Å².